The lowest BCUT2D eigenvalue weighted by molar-refractivity contribution is 0.0678. The Balaban J connectivity index is 1.85. The maximum Gasteiger partial charge on any atom is 0.289 e. The lowest BCUT2D eigenvalue weighted by Gasteiger charge is -2.20. The van der Waals surface area contributed by atoms with Gasteiger partial charge in [0.2, 0.25) is 0 Å². The molecule has 0 aliphatic rings. The van der Waals surface area contributed by atoms with Crippen LogP contribution in [0.15, 0.2) is 59.3 Å². The molecule has 3 aromatic rings. The predicted molar refractivity (Wildman–Crippen MR) is 82.3 cm³/mol. The Morgan fingerprint density at radius 2 is 2.09 bits per heavy atom. The predicted octanol–water partition coefficient (Wildman–Crippen LogP) is 2.46. The van der Waals surface area contributed by atoms with E-state index >= 15 is 0 Å². The number of hydrogen-bond acceptors (Lipinski definition) is 4. The van der Waals surface area contributed by atoms with Gasteiger partial charge in [0.15, 0.2) is 5.76 Å². The van der Waals surface area contributed by atoms with Crippen LogP contribution < -0.4 is 0 Å². The average Bonchev–Trinajstić information content (AvgIpc) is 2.99. The van der Waals surface area contributed by atoms with Crippen LogP contribution in [0.25, 0.3) is 11.0 Å². The summed E-state index contributed by atoms with van der Waals surface area (Å²) in [7, 11) is 0. The zero-order valence-electron chi connectivity index (χ0n) is 12.0. The van der Waals surface area contributed by atoms with Gasteiger partial charge in [-0.05, 0) is 23.8 Å². The van der Waals surface area contributed by atoms with Crippen LogP contribution in [0.2, 0.25) is 0 Å². The standard InChI is InChI=1S/C17H16N2O3/c20-9-8-19(12-13-4-3-7-18-11-13)17(21)16-10-14-5-1-2-6-15(14)22-16/h1-7,10-11,20H,8-9,12H2. The highest BCUT2D eigenvalue weighted by molar-refractivity contribution is 5.96. The van der Waals surface area contributed by atoms with Gasteiger partial charge in [0, 0.05) is 30.9 Å². The fourth-order valence-corrected chi connectivity index (χ4v) is 2.33. The summed E-state index contributed by atoms with van der Waals surface area (Å²) in [5.74, 6) is 0.0349. The Labute approximate surface area is 127 Å². The van der Waals surface area contributed by atoms with E-state index < -0.39 is 0 Å². The molecular formula is C17H16N2O3. The molecule has 22 heavy (non-hydrogen) atoms. The first kappa shape index (κ1) is 14.3. The summed E-state index contributed by atoms with van der Waals surface area (Å²) in [5, 5.41) is 10.1. The highest BCUT2D eigenvalue weighted by Gasteiger charge is 2.19. The van der Waals surface area contributed by atoms with Crippen LogP contribution in [0.4, 0.5) is 0 Å². The van der Waals surface area contributed by atoms with Gasteiger partial charge in [-0.25, -0.2) is 0 Å². The summed E-state index contributed by atoms with van der Waals surface area (Å²) in [6, 6.07) is 12.9. The topological polar surface area (TPSA) is 66.6 Å². The molecular weight excluding hydrogens is 280 g/mol. The Hall–Kier alpha value is -2.66. The molecule has 2 aromatic heterocycles. The molecule has 0 unspecified atom stereocenters. The number of nitrogens with zero attached hydrogens (tertiary/aromatic N) is 2. The second-order valence-corrected chi connectivity index (χ2v) is 4.96. The summed E-state index contributed by atoms with van der Waals surface area (Å²) in [6.45, 7) is 0.515. The molecule has 1 N–H and O–H groups in total. The van der Waals surface area contributed by atoms with Crippen LogP contribution in [0.5, 0.6) is 0 Å². The molecule has 0 atom stereocenters. The van der Waals surface area contributed by atoms with E-state index in [2.05, 4.69) is 4.98 Å². The Kier molecular flexibility index (Phi) is 4.16. The number of para-hydroxylation sites is 1. The second kappa shape index (κ2) is 6.41. The molecule has 2 heterocycles. The van der Waals surface area contributed by atoms with Crippen molar-refractivity contribution in [3.05, 3.63) is 66.2 Å². The van der Waals surface area contributed by atoms with E-state index in [4.69, 9.17) is 4.42 Å². The number of rotatable bonds is 5. The molecule has 112 valence electrons. The largest absolute Gasteiger partial charge is 0.451 e. The van der Waals surface area contributed by atoms with Gasteiger partial charge >= 0.3 is 0 Å². The maximum atomic E-state index is 12.6. The van der Waals surface area contributed by atoms with Crippen LogP contribution in [0, 0.1) is 0 Å². The third kappa shape index (κ3) is 2.99. The molecule has 0 aliphatic heterocycles. The number of aliphatic hydroxyl groups is 1. The smallest absolute Gasteiger partial charge is 0.289 e. The SMILES string of the molecule is O=C(c1cc2ccccc2o1)N(CCO)Cc1cccnc1. The molecule has 1 aromatic carbocycles. The summed E-state index contributed by atoms with van der Waals surface area (Å²) < 4.78 is 5.61. The van der Waals surface area contributed by atoms with E-state index in [1.54, 1.807) is 23.4 Å². The first-order valence-electron chi connectivity index (χ1n) is 7.05. The van der Waals surface area contributed by atoms with Crippen molar-refractivity contribution in [1.82, 2.24) is 9.88 Å². The first-order chi connectivity index (χ1) is 10.8. The number of aliphatic hydroxyl groups excluding tert-OH is 1. The van der Waals surface area contributed by atoms with Gasteiger partial charge in [0.25, 0.3) is 5.91 Å². The molecule has 0 fully saturated rings. The van der Waals surface area contributed by atoms with E-state index in [0.29, 0.717) is 12.1 Å². The third-order valence-corrected chi connectivity index (χ3v) is 3.39. The van der Waals surface area contributed by atoms with Crippen LogP contribution in [0.3, 0.4) is 0 Å². The minimum absolute atomic E-state index is 0.105. The molecule has 0 aliphatic carbocycles. The molecule has 5 heteroatoms. The van der Waals surface area contributed by atoms with Gasteiger partial charge in [-0.3, -0.25) is 9.78 Å². The van der Waals surface area contributed by atoms with Crippen LogP contribution >= 0.6 is 0 Å². The van der Waals surface area contributed by atoms with E-state index in [1.165, 1.54) is 0 Å². The lowest BCUT2D eigenvalue weighted by Crippen LogP contribution is -2.32. The van der Waals surface area contributed by atoms with Crippen LogP contribution in [-0.2, 0) is 6.54 Å². The number of benzene rings is 1. The van der Waals surface area contributed by atoms with Crippen LogP contribution in [0.1, 0.15) is 16.1 Å². The minimum Gasteiger partial charge on any atom is -0.451 e. The monoisotopic (exact) mass is 296 g/mol. The summed E-state index contributed by atoms with van der Waals surface area (Å²) in [6.07, 6.45) is 3.39. The van der Waals surface area contributed by atoms with Gasteiger partial charge in [-0.15, -0.1) is 0 Å². The summed E-state index contributed by atoms with van der Waals surface area (Å²) in [5.41, 5.74) is 1.58. The van der Waals surface area contributed by atoms with Crippen molar-refractivity contribution in [1.29, 1.82) is 0 Å². The minimum atomic E-state index is -0.242. The van der Waals surface area contributed by atoms with Crippen molar-refractivity contribution in [3.63, 3.8) is 0 Å². The quantitative estimate of drug-likeness (QED) is 0.785. The third-order valence-electron chi connectivity index (χ3n) is 3.39. The number of furan rings is 1. The molecule has 0 saturated carbocycles. The molecule has 0 saturated heterocycles. The number of fused-ring (bicyclic) bond motifs is 1. The van der Waals surface area contributed by atoms with E-state index in [1.807, 2.05) is 36.4 Å². The number of carbonyl (C=O) groups is 1. The molecule has 0 radical (unpaired) electrons. The van der Waals surface area contributed by atoms with Gasteiger partial charge in [-0.1, -0.05) is 24.3 Å². The van der Waals surface area contributed by atoms with Crippen molar-refractivity contribution in [2.75, 3.05) is 13.2 Å². The fraction of sp³-hybridized carbons (Fsp3) is 0.176. The highest BCUT2D eigenvalue weighted by Crippen LogP contribution is 2.20. The first-order valence-corrected chi connectivity index (χ1v) is 7.05. The average molecular weight is 296 g/mol. The van der Waals surface area contributed by atoms with Crippen molar-refractivity contribution in [2.24, 2.45) is 0 Å². The van der Waals surface area contributed by atoms with Crippen molar-refractivity contribution < 1.29 is 14.3 Å². The Morgan fingerprint density at radius 3 is 2.82 bits per heavy atom. The van der Waals surface area contributed by atoms with Crippen molar-refractivity contribution in [3.8, 4) is 0 Å². The summed E-state index contributed by atoms with van der Waals surface area (Å²) >= 11 is 0. The fourth-order valence-electron chi connectivity index (χ4n) is 2.33. The van der Waals surface area contributed by atoms with Gasteiger partial charge in [0.1, 0.15) is 5.58 Å². The molecule has 1 amide bonds. The Bertz CT molecular complexity index is 735. The van der Waals surface area contributed by atoms with Gasteiger partial charge in [-0.2, -0.15) is 0 Å². The number of hydrogen-bond donors (Lipinski definition) is 1. The van der Waals surface area contributed by atoms with Crippen molar-refractivity contribution >= 4 is 16.9 Å². The lowest BCUT2D eigenvalue weighted by atomic mass is 10.2. The van der Waals surface area contributed by atoms with E-state index in [9.17, 15) is 9.90 Å². The zero-order valence-corrected chi connectivity index (χ0v) is 12.0. The number of amides is 1. The molecule has 5 nitrogen and oxygen atoms in total. The number of pyridine rings is 1. The normalized spacial score (nSPS) is 10.8. The zero-order chi connectivity index (χ0) is 15.4. The number of aromatic nitrogens is 1. The molecule has 3 rings (SSSR count). The maximum absolute atomic E-state index is 12.6. The summed E-state index contributed by atoms with van der Waals surface area (Å²) in [4.78, 5) is 18.2. The van der Waals surface area contributed by atoms with E-state index in [-0.39, 0.29) is 24.8 Å². The number of carbonyl (C=O) groups excluding carboxylic acids is 1. The van der Waals surface area contributed by atoms with Crippen molar-refractivity contribution in [2.45, 2.75) is 6.54 Å². The molecule has 0 bridgehead atoms. The second-order valence-electron chi connectivity index (χ2n) is 4.96. The van der Waals surface area contributed by atoms with E-state index in [0.717, 1.165) is 10.9 Å². The van der Waals surface area contributed by atoms with Gasteiger partial charge < -0.3 is 14.4 Å². The van der Waals surface area contributed by atoms with Gasteiger partial charge in [0.05, 0.1) is 6.61 Å². The van der Waals surface area contributed by atoms with Crippen LogP contribution in [-0.4, -0.2) is 34.0 Å². The Morgan fingerprint density at radius 1 is 1.23 bits per heavy atom. The highest BCUT2D eigenvalue weighted by atomic mass is 16.3. The molecule has 0 spiro atoms.